The molecule has 0 radical (unpaired) electrons. The van der Waals surface area contributed by atoms with Crippen molar-refractivity contribution in [2.45, 2.75) is 24.3 Å². The molecule has 11 heteroatoms. The van der Waals surface area contributed by atoms with Gasteiger partial charge in [0.2, 0.25) is 11.1 Å². The first-order valence-electron chi connectivity index (χ1n) is 8.11. The Balaban J connectivity index is 1.79. The van der Waals surface area contributed by atoms with Gasteiger partial charge in [-0.3, -0.25) is 4.79 Å². The van der Waals surface area contributed by atoms with Crippen LogP contribution < -0.4 is 10.1 Å². The first kappa shape index (κ1) is 20.4. The Kier molecular flexibility index (Phi) is 6.38. The van der Waals surface area contributed by atoms with E-state index in [1.165, 1.54) is 28.7 Å². The van der Waals surface area contributed by atoms with Gasteiger partial charge in [-0.1, -0.05) is 41.0 Å². The van der Waals surface area contributed by atoms with Crippen LogP contribution in [0.5, 0.6) is 5.75 Å². The lowest BCUT2D eigenvalue weighted by Crippen LogP contribution is -2.23. The van der Waals surface area contributed by atoms with Crippen molar-refractivity contribution < 1.29 is 9.53 Å². The number of hydrogen-bond donors (Lipinski definition) is 1. The Morgan fingerprint density at radius 3 is 2.82 bits per heavy atom. The molecule has 2 heterocycles. The minimum atomic E-state index is -0.519. The minimum Gasteiger partial charge on any atom is -0.494 e. The fraction of sp³-hybridized carbons (Fsp3) is 0.235. The SMILES string of the molecule is COc1ccc(C)cc1-n1nnnc1SC(C)C(=O)Nc1ncc(Cl)cc1Cl. The predicted molar refractivity (Wildman–Crippen MR) is 109 cm³/mol. The lowest BCUT2D eigenvalue weighted by atomic mass is 10.2. The number of thioether (sulfide) groups is 1. The summed E-state index contributed by atoms with van der Waals surface area (Å²) in [6.45, 7) is 3.69. The van der Waals surface area contributed by atoms with E-state index in [1.54, 1.807) is 14.0 Å². The lowest BCUT2D eigenvalue weighted by molar-refractivity contribution is -0.115. The topological polar surface area (TPSA) is 94.8 Å². The number of benzene rings is 1. The number of tetrazole rings is 1. The van der Waals surface area contributed by atoms with Crippen LogP contribution >= 0.6 is 35.0 Å². The Morgan fingerprint density at radius 1 is 1.32 bits per heavy atom. The second-order valence-electron chi connectivity index (χ2n) is 5.78. The van der Waals surface area contributed by atoms with Crippen molar-refractivity contribution in [1.82, 2.24) is 25.2 Å². The molecule has 1 aromatic carbocycles. The van der Waals surface area contributed by atoms with Gasteiger partial charge in [0, 0.05) is 6.20 Å². The van der Waals surface area contributed by atoms with Gasteiger partial charge < -0.3 is 10.1 Å². The van der Waals surface area contributed by atoms with Crippen LogP contribution in [0, 0.1) is 6.92 Å². The highest BCUT2D eigenvalue weighted by atomic mass is 35.5. The molecule has 1 N–H and O–H groups in total. The zero-order chi connectivity index (χ0) is 20.3. The second kappa shape index (κ2) is 8.76. The van der Waals surface area contributed by atoms with Gasteiger partial charge in [-0.05, 0) is 48.0 Å². The summed E-state index contributed by atoms with van der Waals surface area (Å²) in [7, 11) is 1.57. The number of aryl methyl sites for hydroxylation is 1. The first-order valence-corrected chi connectivity index (χ1v) is 9.74. The normalized spacial score (nSPS) is 11.9. The molecule has 0 spiro atoms. The molecule has 146 valence electrons. The highest BCUT2D eigenvalue weighted by Crippen LogP contribution is 2.29. The number of methoxy groups -OCH3 is 1. The van der Waals surface area contributed by atoms with Gasteiger partial charge in [-0.25, -0.2) is 4.98 Å². The van der Waals surface area contributed by atoms with Crippen LogP contribution in [0.15, 0.2) is 35.6 Å². The van der Waals surface area contributed by atoms with Gasteiger partial charge in [0.15, 0.2) is 5.82 Å². The Labute approximate surface area is 175 Å². The molecule has 2 aromatic heterocycles. The van der Waals surface area contributed by atoms with Gasteiger partial charge in [-0.2, -0.15) is 4.68 Å². The average Bonchev–Trinajstić information content (AvgIpc) is 3.11. The Hall–Kier alpha value is -2.36. The number of aromatic nitrogens is 5. The van der Waals surface area contributed by atoms with Crippen molar-refractivity contribution in [3.8, 4) is 11.4 Å². The van der Waals surface area contributed by atoms with Crippen LogP contribution in [0.4, 0.5) is 5.82 Å². The summed E-state index contributed by atoms with van der Waals surface area (Å²) in [6, 6.07) is 7.18. The van der Waals surface area contributed by atoms with E-state index < -0.39 is 5.25 Å². The molecular weight excluding hydrogens is 423 g/mol. The van der Waals surface area contributed by atoms with E-state index in [2.05, 4.69) is 25.8 Å². The Bertz CT molecular complexity index is 1010. The monoisotopic (exact) mass is 438 g/mol. The molecule has 1 atom stereocenters. The van der Waals surface area contributed by atoms with Crippen LogP contribution in [0.25, 0.3) is 5.69 Å². The number of amides is 1. The maximum Gasteiger partial charge on any atom is 0.238 e. The molecule has 3 rings (SSSR count). The third-order valence-electron chi connectivity index (χ3n) is 3.70. The van der Waals surface area contributed by atoms with Crippen molar-refractivity contribution >= 4 is 46.7 Å². The maximum absolute atomic E-state index is 12.5. The maximum atomic E-state index is 12.5. The van der Waals surface area contributed by atoms with Crippen LogP contribution in [-0.4, -0.2) is 43.5 Å². The van der Waals surface area contributed by atoms with Crippen molar-refractivity contribution in [3.05, 3.63) is 46.1 Å². The quantitative estimate of drug-likeness (QED) is 0.584. The van der Waals surface area contributed by atoms with Crippen LogP contribution in [0.3, 0.4) is 0 Å². The van der Waals surface area contributed by atoms with E-state index in [0.29, 0.717) is 21.6 Å². The fourth-order valence-electron chi connectivity index (χ4n) is 2.31. The van der Waals surface area contributed by atoms with Gasteiger partial charge in [0.1, 0.15) is 11.4 Å². The summed E-state index contributed by atoms with van der Waals surface area (Å²) in [5.41, 5.74) is 1.71. The van der Waals surface area contributed by atoms with Crippen LogP contribution in [-0.2, 0) is 4.79 Å². The first-order chi connectivity index (χ1) is 13.4. The van der Waals surface area contributed by atoms with E-state index in [1.807, 2.05) is 25.1 Å². The summed E-state index contributed by atoms with van der Waals surface area (Å²) in [4.78, 5) is 16.6. The smallest absolute Gasteiger partial charge is 0.238 e. The molecule has 1 unspecified atom stereocenters. The number of nitrogens with zero attached hydrogens (tertiary/aromatic N) is 5. The lowest BCUT2D eigenvalue weighted by Gasteiger charge is -2.13. The average molecular weight is 439 g/mol. The number of nitrogens with one attached hydrogen (secondary N) is 1. The number of halogens is 2. The highest BCUT2D eigenvalue weighted by Gasteiger charge is 2.21. The van der Waals surface area contributed by atoms with Gasteiger partial charge in [0.05, 0.1) is 22.4 Å². The summed E-state index contributed by atoms with van der Waals surface area (Å²) < 4.78 is 6.93. The molecule has 8 nitrogen and oxygen atoms in total. The largest absolute Gasteiger partial charge is 0.494 e. The van der Waals surface area contributed by atoms with E-state index in [4.69, 9.17) is 27.9 Å². The predicted octanol–water partition coefficient (Wildman–Crippen LogP) is 3.80. The highest BCUT2D eigenvalue weighted by molar-refractivity contribution is 8.00. The molecule has 0 aliphatic rings. The molecular formula is C17H16Cl2N6O2S. The molecule has 1 amide bonds. The zero-order valence-corrected chi connectivity index (χ0v) is 17.5. The van der Waals surface area contributed by atoms with E-state index in [-0.39, 0.29) is 16.7 Å². The molecule has 0 bridgehead atoms. The number of ether oxygens (including phenoxy) is 1. The number of pyridine rings is 1. The van der Waals surface area contributed by atoms with E-state index in [9.17, 15) is 4.79 Å². The van der Waals surface area contributed by atoms with Crippen molar-refractivity contribution in [2.75, 3.05) is 12.4 Å². The second-order valence-corrected chi connectivity index (χ2v) is 7.93. The molecule has 0 aliphatic carbocycles. The third-order valence-corrected chi connectivity index (χ3v) is 5.23. The number of carbonyl (C=O) groups excluding carboxylic acids is 1. The molecule has 0 saturated carbocycles. The van der Waals surface area contributed by atoms with E-state index in [0.717, 1.165) is 5.56 Å². The molecule has 0 fully saturated rings. The molecule has 28 heavy (non-hydrogen) atoms. The molecule has 3 aromatic rings. The fourth-order valence-corrected chi connectivity index (χ4v) is 3.53. The summed E-state index contributed by atoms with van der Waals surface area (Å²) >= 11 is 13.1. The number of carbonyl (C=O) groups is 1. The summed E-state index contributed by atoms with van der Waals surface area (Å²) in [6.07, 6.45) is 1.41. The summed E-state index contributed by atoms with van der Waals surface area (Å²) in [5, 5.41) is 15.0. The minimum absolute atomic E-state index is 0.239. The number of rotatable bonds is 6. The van der Waals surface area contributed by atoms with Crippen molar-refractivity contribution in [2.24, 2.45) is 0 Å². The molecule has 0 aliphatic heterocycles. The summed E-state index contributed by atoms with van der Waals surface area (Å²) in [5.74, 6) is 0.560. The Morgan fingerprint density at radius 2 is 2.11 bits per heavy atom. The third kappa shape index (κ3) is 4.54. The van der Waals surface area contributed by atoms with Gasteiger partial charge in [0.25, 0.3) is 0 Å². The van der Waals surface area contributed by atoms with Gasteiger partial charge >= 0.3 is 0 Å². The van der Waals surface area contributed by atoms with Gasteiger partial charge in [-0.15, -0.1) is 5.10 Å². The van der Waals surface area contributed by atoms with E-state index >= 15 is 0 Å². The zero-order valence-electron chi connectivity index (χ0n) is 15.2. The number of anilines is 1. The van der Waals surface area contributed by atoms with Crippen molar-refractivity contribution in [1.29, 1.82) is 0 Å². The van der Waals surface area contributed by atoms with Crippen LogP contribution in [0.1, 0.15) is 12.5 Å². The molecule has 0 saturated heterocycles. The van der Waals surface area contributed by atoms with Crippen molar-refractivity contribution in [3.63, 3.8) is 0 Å². The number of hydrogen-bond acceptors (Lipinski definition) is 7. The van der Waals surface area contributed by atoms with Crippen LogP contribution in [0.2, 0.25) is 10.0 Å². The standard InChI is InChI=1S/C17H16Cl2N6O2S/c1-9-4-5-14(27-3)13(6-9)25-17(22-23-24-25)28-10(2)16(26)21-15-12(19)7-11(18)8-20-15/h4-8,10H,1-3H3,(H,20,21,26).